The highest BCUT2D eigenvalue weighted by Crippen LogP contribution is 2.40. The molecule has 5 rings (SSSR count). The van der Waals surface area contributed by atoms with E-state index < -0.39 is 0 Å². The van der Waals surface area contributed by atoms with Crippen molar-refractivity contribution in [1.29, 1.82) is 0 Å². The summed E-state index contributed by atoms with van der Waals surface area (Å²) in [6, 6.07) is 10.8. The topological polar surface area (TPSA) is 98.3 Å². The molecule has 2 atom stereocenters. The predicted octanol–water partition coefficient (Wildman–Crippen LogP) is 3.94. The Morgan fingerprint density at radius 3 is 2.65 bits per heavy atom. The number of nitrogens with one attached hydrogen (secondary N) is 1. The van der Waals surface area contributed by atoms with E-state index in [0.717, 1.165) is 73.4 Å². The zero-order valence-corrected chi connectivity index (χ0v) is 22.4. The fraction of sp³-hybridized carbons (Fsp3) is 0.552. The van der Waals surface area contributed by atoms with Crippen molar-refractivity contribution in [1.82, 2.24) is 24.8 Å². The summed E-state index contributed by atoms with van der Waals surface area (Å²) in [5.74, 6) is 2.67. The van der Waals surface area contributed by atoms with Crippen LogP contribution in [0.4, 0.5) is 5.82 Å². The van der Waals surface area contributed by atoms with Gasteiger partial charge in [0, 0.05) is 30.8 Å². The van der Waals surface area contributed by atoms with Gasteiger partial charge in [-0.15, -0.1) is 0 Å². The SMILES string of the molecule is CCOCc1nc2c(N)nc(C)c(C)c2n1CCC1CCN(CC(=O)N[C@@H]2C[C@H]2c2ccccc2)CC1. The molecule has 37 heavy (non-hydrogen) atoms. The Kier molecular flexibility index (Phi) is 7.76. The number of aryl methyl sites for hydroxylation is 3. The highest BCUT2D eigenvalue weighted by atomic mass is 16.5. The first kappa shape index (κ1) is 25.7. The number of fused-ring (bicyclic) bond motifs is 1. The lowest BCUT2D eigenvalue weighted by molar-refractivity contribution is -0.122. The van der Waals surface area contributed by atoms with E-state index in [1.165, 1.54) is 5.56 Å². The third kappa shape index (κ3) is 5.80. The molecule has 2 fully saturated rings. The molecule has 2 aliphatic rings. The summed E-state index contributed by atoms with van der Waals surface area (Å²) >= 11 is 0. The van der Waals surface area contributed by atoms with Crippen molar-refractivity contribution >= 4 is 22.8 Å². The third-order valence-corrected chi connectivity index (χ3v) is 8.11. The number of carbonyl (C=O) groups is 1. The lowest BCUT2D eigenvalue weighted by atomic mass is 9.93. The standard InChI is InChI=1S/C29H40N6O2/c1-4-37-18-25-33-27-28(19(2)20(3)31-29(27)30)35(25)15-12-21-10-13-34(14-11-21)17-26(36)32-24-16-23(24)22-8-6-5-7-9-22/h5-9,21,23-24H,4,10-18H2,1-3H3,(H2,30,31)(H,32,36)/t23-,24+/m0/s1. The van der Waals surface area contributed by atoms with E-state index in [2.05, 4.69) is 51.0 Å². The number of benzene rings is 1. The van der Waals surface area contributed by atoms with Crippen LogP contribution in [0.15, 0.2) is 30.3 Å². The highest BCUT2D eigenvalue weighted by molar-refractivity contribution is 5.88. The first-order valence-corrected chi connectivity index (χ1v) is 13.7. The molecule has 8 nitrogen and oxygen atoms in total. The molecule has 8 heteroatoms. The van der Waals surface area contributed by atoms with E-state index in [-0.39, 0.29) is 5.91 Å². The number of piperidine rings is 1. The van der Waals surface area contributed by atoms with Crippen LogP contribution in [0.2, 0.25) is 0 Å². The monoisotopic (exact) mass is 504 g/mol. The van der Waals surface area contributed by atoms with Gasteiger partial charge in [-0.05, 0) is 76.6 Å². The van der Waals surface area contributed by atoms with E-state index in [0.29, 0.717) is 43.5 Å². The molecule has 1 aromatic carbocycles. The van der Waals surface area contributed by atoms with E-state index >= 15 is 0 Å². The van der Waals surface area contributed by atoms with Crippen molar-refractivity contribution < 1.29 is 9.53 Å². The predicted molar refractivity (Wildman–Crippen MR) is 146 cm³/mol. The number of nitrogens with zero attached hydrogens (tertiary/aromatic N) is 4. The first-order valence-electron chi connectivity index (χ1n) is 13.7. The van der Waals surface area contributed by atoms with Gasteiger partial charge in [-0.3, -0.25) is 9.69 Å². The number of amides is 1. The molecular weight excluding hydrogens is 464 g/mol. The van der Waals surface area contributed by atoms with Crippen LogP contribution in [0.25, 0.3) is 11.0 Å². The van der Waals surface area contributed by atoms with Crippen LogP contribution in [-0.4, -0.2) is 57.6 Å². The molecule has 2 aromatic heterocycles. The number of hydrogen-bond donors (Lipinski definition) is 2. The lowest BCUT2D eigenvalue weighted by Gasteiger charge is -2.31. The number of rotatable bonds is 10. The minimum atomic E-state index is 0.157. The summed E-state index contributed by atoms with van der Waals surface area (Å²) in [6.07, 6.45) is 4.34. The largest absolute Gasteiger partial charge is 0.382 e. The van der Waals surface area contributed by atoms with Crippen LogP contribution in [0.5, 0.6) is 0 Å². The number of hydrogen-bond acceptors (Lipinski definition) is 6. The second-order valence-corrected chi connectivity index (χ2v) is 10.7. The first-order chi connectivity index (χ1) is 17.9. The Morgan fingerprint density at radius 2 is 1.92 bits per heavy atom. The molecule has 0 unspecified atom stereocenters. The molecular formula is C29H40N6O2. The Hall–Kier alpha value is -2.97. The highest BCUT2D eigenvalue weighted by Gasteiger charge is 2.39. The van der Waals surface area contributed by atoms with Crippen LogP contribution >= 0.6 is 0 Å². The number of nitrogens with two attached hydrogens (primary N) is 1. The fourth-order valence-electron chi connectivity index (χ4n) is 5.71. The van der Waals surface area contributed by atoms with E-state index in [1.54, 1.807) is 0 Å². The summed E-state index contributed by atoms with van der Waals surface area (Å²) in [4.78, 5) is 24.2. The minimum absolute atomic E-state index is 0.157. The van der Waals surface area contributed by atoms with E-state index in [4.69, 9.17) is 15.5 Å². The second-order valence-electron chi connectivity index (χ2n) is 10.7. The molecule has 198 valence electrons. The number of ether oxygens (including phenoxy) is 1. The van der Waals surface area contributed by atoms with Gasteiger partial charge < -0.3 is 20.4 Å². The van der Waals surface area contributed by atoms with Crippen LogP contribution < -0.4 is 11.1 Å². The van der Waals surface area contributed by atoms with Gasteiger partial charge in [0.2, 0.25) is 5.91 Å². The second kappa shape index (κ2) is 11.2. The number of carbonyl (C=O) groups excluding carboxylic acids is 1. The van der Waals surface area contributed by atoms with Gasteiger partial charge in [0.05, 0.1) is 12.1 Å². The molecule has 3 aromatic rings. The molecule has 3 N–H and O–H groups in total. The maximum Gasteiger partial charge on any atom is 0.234 e. The molecule has 1 aliphatic heterocycles. The zero-order chi connectivity index (χ0) is 25.9. The van der Waals surface area contributed by atoms with Crippen LogP contribution in [-0.2, 0) is 22.7 Å². The molecule has 0 spiro atoms. The molecule has 1 amide bonds. The Balaban J connectivity index is 1.13. The number of pyridine rings is 1. The van der Waals surface area contributed by atoms with Gasteiger partial charge in [0.25, 0.3) is 0 Å². The molecule has 0 bridgehead atoms. The average molecular weight is 505 g/mol. The van der Waals surface area contributed by atoms with Gasteiger partial charge in [0.15, 0.2) is 5.82 Å². The van der Waals surface area contributed by atoms with Crippen molar-refractivity contribution in [2.75, 3.05) is 32.0 Å². The quantitative estimate of drug-likeness (QED) is 0.434. The molecule has 0 radical (unpaired) electrons. The molecule has 3 heterocycles. The van der Waals surface area contributed by atoms with Gasteiger partial charge >= 0.3 is 0 Å². The van der Waals surface area contributed by atoms with Crippen molar-refractivity contribution in [3.8, 4) is 0 Å². The summed E-state index contributed by atoms with van der Waals surface area (Å²) < 4.78 is 8.01. The minimum Gasteiger partial charge on any atom is -0.382 e. The Bertz CT molecular complexity index is 1230. The van der Waals surface area contributed by atoms with Crippen LogP contribution in [0, 0.1) is 19.8 Å². The number of aromatic nitrogens is 3. The number of likely N-dealkylation sites (tertiary alicyclic amines) is 1. The maximum atomic E-state index is 12.6. The summed E-state index contributed by atoms with van der Waals surface area (Å²) in [5, 5.41) is 3.24. The van der Waals surface area contributed by atoms with Crippen molar-refractivity contribution in [3.63, 3.8) is 0 Å². The van der Waals surface area contributed by atoms with Gasteiger partial charge in [-0.2, -0.15) is 0 Å². The Labute approximate surface area is 219 Å². The van der Waals surface area contributed by atoms with Crippen molar-refractivity contribution in [2.24, 2.45) is 5.92 Å². The smallest absolute Gasteiger partial charge is 0.234 e. The maximum absolute atomic E-state index is 12.6. The van der Waals surface area contributed by atoms with Gasteiger partial charge in [-0.25, -0.2) is 9.97 Å². The van der Waals surface area contributed by atoms with Crippen molar-refractivity contribution in [3.05, 3.63) is 53.0 Å². The fourth-order valence-corrected chi connectivity index (χ4v) is 5.71. The normalized spacial score (nSPS) is 20.4. The summed E-state index contributed by atoms with van der Waals surface area (Å²) in [7, 11) is 0. The summed E-state index contributed by atoms with van der Waals surface area (Å²) in [5.41, 5.74) is 11.5. The number of anilines is 1. The number of imidazole rings is 1. The Morgan fingerprint density at radius 1 is 1.16 bits per heavy atom. The zero-order valence-electron chi connectivity index (χ0n) is 22.4. The molecule has 1 aliphatic carbocycles. The third-order valence-electron chi connectivity index (χ3n) is 8.11. The average Bonchev–Trinajstić information content (AvgIpc) is 3.56. The molecule has 1 saturated heterocycles. The van der Waals surface area contributed by atoms with E-state index in [9.17, 15) is 4.79 Å². The summed E-state index contributed by atoms with van der Waals surface area (Å²) in [6.45, 7) is 10.5. The van der Waals surface area contributed by atoms with Crippen LogP contribution in [0.1, 0.15) is 61.2 Å². The van der Waals surface area contributed by atoms with Crippen molar-refractivity contribution in [2.45, 2.75) is 71.6 Å². The van der Waals surface area contributed by atoms with E-state index in [1.807, 2.05) is 19.9 Å². The lowest BCUT2D eigenvalue weighted by Crippen LogP contribution is -2.42. The van der Waals surface area contributed by atoms with Gasteiger partial charge in [-0.1, -0.05) is 30.3 Å². The van der Waals surface area contributed by atoms with Gasteiger partial charge in [0.1, 0.15) is 17.9 Å². The number of nitrogen functional groups attached to an aromatic ring is 1. The molecule has 1 saturated carbocycles. The van der Waals surface area contributed by atoms with Crippen LogP contribution in [0.3, 0.4) is 0 Å².